The quantitative estimate of drug-likeness (QED) is 0.794. The molecule has 126 valence electrons. The first-order chi connectivity index (χ1) is 12.1. The summed E-state index contributed by atoms with van der Waals surface area (Å²) < 4.78 is 15.8. The van der Waals surface area contributed by atoms with Crippen molar-refractivity contribution in [2.75, 3.05) is 5.32 Å². The predicted molar refractivity (Wildman–Crippen MR) is 92.0 cm³/mol. The smallest absolute Gasteiger partial charge is 0.236 e. The van der Waals surface area contributed by atoms with Gasteiger partial charge in [-0.1, -0.05) is 18.2 Å². The van der Waals surface area contributed by atoms with E-state index >= 15 is 0 Å². The van der Waals surface area contributed by atoms with Gasteiger partial charge in [0.05, 0.1) is 16.8 Å². The number of pyridine rings is 1. The zero-order chi connectivity index (χ0) is 17.4. The van der Waals surface area contributed by atoms with Crippen LogP contribution >= 0.6 is 0 Å². The van der Waals surface area contributed by atoms with Crippen LogP contribution in [0.2, 0.25) is 0 Å². The average molecular weight is 336 g/mol. The number of hydrogen-bond donors (Lipinski definition) is 1. The Kier molecular flexibility index (Phi) is 3.60. The maximum Gasteiger partial charge on any atom is 0.236 e. The van der Waals surface area contributed by atoms with Crippen LogP contribution < -0.4 is 5.32 Å². The van der Waals surface area contributed by atoms with Crippen LogP contribution in [-0.4, -0.2) is 20.7 Å². The lowest BCUT2D eigenvalue weighted by molar-refractivity contribution is -0.118. The summed E-state index contributed by atoms with van der Waals surface area (Å²) in [6.07, 6.45) is 4.77. The van der Waals surface area contributed by atoms with Crippen LogP contribution in [0.25, 0.3) is 5.69 Å². The molecule has 0 atom stereocenters. The number of nitrogens with zero attached hydrogens (tertiary/aromatic N) is 3. The second-order valence-electron chi connectivity index (χ2n) is 6.27. The number of aromatic nitrogens is 3. The van der Waals surface area contributed by atoms with Crippen LogP contribution in [-0.2, 0) is 10.2 Å². The molecular weight excluding hydrogens is 319 g/mol. The molecule has 1 N–H and O–H groups in total. The van der Waals surface area contributed by atoms with E-state index in [2.05, 4.69) is 15.4 Å². The standard InChI is InChI=1S/C19H17FN4O/c1-13-16(7-4-11-21-13)24-12-8-17(23-24)22-18(25)19(9-10-19)14-5-2-3-6-15(14)20/h2-8,11-12H,9-10H2,1H3,(H,22,23,25). The van der Waals surface area contributed by atoms with Gasteiger partial charge in [-0.05, 0) is 38.0 Å². The fourth-order valence-corrected chi connectivity index (χ4v) is 3.07. The minimum absolute atomic E-state index is 0.217. The van der Waals surface area contributed by atoms with Gasteiger partial charge in [-0.15, -0.1) is 5.10 Å². The van der Waals surface area contributed by atoms with Crippen LogP contribution in [0.4, 0.5) is 10.2 Å². The third kappa shape index (κ3) is 2.69. The maximum atomic E-state index is 14.1. The zero-order valence-electron chi connectivity index (χ0n) is 13.7. The molecule has 0 bridgehead atoms. The van der Waals surface area contributed by atoms with E-state index in [1.54, 1.807) is 41.3 Å². The van der Waals surface area contributed by atoms with E-state index < -0.39 is 5.41 Å². The summed E-state index contributed by atoms with van der Waals surface area (Å²) in [5.41, 5.74) is 1.36. The summed E-state index contributed by atoms with van der Waals surface area (Å²) >= 11 is 0. The molecular formula is C19H17FN4O. The van der Waals surface area contributed by atoms with Crippen molar-refractivity contribution in [3.8, 4) is 5.69 Å². The summed E-state index contributed by atoms with van der Waals surface area (Å²) in [6.45, 7) is 1.90. The Morgan fingerprint density at radius 2 is 2.00 bits per heavy atom. The molecule has 6 heteroatoms. The van der Waals surface area contributed by atoms with Crippen LogP contribution in [0.3, 0.4) is 0 Å². The number of anilines is 1. The number of aryl methyl sites for hydroxylation is 1. The second-order valence-corrected chi connectivity index (χ2v) is 6.27. The van der Waals surface area contributed by atoms with Gasteiger partial charge in [-0.25, -0.2) is 9.07 Å². The number of carbonyl (C=O) groups excluding carboxylic acids is 1. The van der Waals surface area contributed by atoms with Gasteiger partial charge in [0.1, 0.15) is 5.82 Å². The maximum absolute atomic E-state index is 14.1. The minimum Gasteiger partial charge on any atom is -0.308 e. The summed E-state index contributed by atoms with van der Waals surface area (Å²) in [5.74, 6) is -0.117. The SMILES string of the molecule is Cc1ncccc1-n1ccc(NC(=O)C2(c3ccccc3F)CC2)n1. The van der Waals surface area contributed by atoms with Gasteiger partial charge >= 0.3 is 0 Å². The number of benzene rings is 1. The number of halogens is 1. The lowest BCUT2D eigenvalue weighted by Gasteiger charge is -2.15. The first kappa shape index (κ1) is 15.5. The van der Waals surface area contributed by atoms with E-state index in [1.807, 2.05) is 19.1 Å². The lowest BCUT2D eigenvalue weighted by atomic mass is 9.94. The molecule has 1 aliphatic rings. The van der Waals surface area contributed by atoms with Crippen molar-refractivity contribution in [1.82, 2.24) is 14.8 Å². The molecule has 3 aromatic rings. The minimum atomic E-state index is -0.778. The van der Waals surface area contributed by atoms with Crippen LogP contribution in [0.15, 0.2) is 54.9 Å². The molecule has 1 fully saturated rings. The van der Waals surface area contributed by atoms with E-state index in [-0.39, 0.29) is 11.7 Å². The highest BCUT2D eigenvalue weighted by atomic mass is 19.1. The van der Waals surface area contributed by atoms with Crippen molar-refractivity contribution in [2.24, 2.45) is 0 Å². The molecule has 0 aliphatic heterocycles. The first-order valence-electron chi connectivity index (χ1n) is 8.14. The molecule has 1 aromatic carbocycles. The Morgan fingerprint density at radius 3 is 2.72 bits per heavy atom. The van der Waals surface area contributed by atoms with Crippen LogP contribution in [0.1, 0.15) is 24.1 Å². The fourth-order valence-electron chi connectivity index (χ4n) is 3.07. The topological polar surface area (TPSA) is 59.8 Å². The van der Waals surface area contributed by atoms with Crippen LogP contribution in [0, 0.1) is 12.7 Å². The molecule has 0 spiro atoms. The normalized spacial score (nSPS) is 15.0. The first-order valence-corrected chi connectivity index (χ1v) is 8.14. The summed E-state index contributed by atoms with van der Waals surface area (Å²) in [5, 5.41) is 7.21. The molecule has 2 aromatic heterocycles. The average Bonchev–Trinajstić information content (AvgIpc) is 3.29. The van der Waals surface area contributed by atoms with Gasteiger partial charge in [0.2, 0.25) is 5.91 Å². The highest BCUT2D eigenvalue weighted by Crippen LogP contribution is 2.49. The van der Waals surface area contributed by atoms with Gasteiger partial charge in [0.25, 0.3) is 0 Å². The van der Waals surface area contributed by atoms with E-state index in [0.717, 1.165) is 11.4 Å². The van der Waals surface area contributed by atoms with Gasteiger partial charge in [0.15, 0.2) is 5.82 Å². The highest BCUT2D eigenvalue weighted by Gasteiger charge is 2.52. The lowest BCUT2D eigenvalue weighted by Crippen LogP contribution is -2.29. The zero-order valence-corrected chi connectivity index (χ0v) is 13.7. The number of rotatable bonds is 4. The van der Waals surface area contributed by atoms with Crippen molar-refractivity contribution >= 4 is 11.7 Å². The van der Waals surface area contributed by atoms with E-state index in [1.165, 1.54) is 6.07 Å². The Hall–Kier alpha value is -3.02. The molecule has 2 heterocycles. The number of hydrogen-bond acceptors (Lipinski definition) is 3. The molecule has 25 heavy (non-hydrogen) atoms. The molecule has 1 amide bonds. The van der Waals surface area contributed by atoms with Crippen LogP contribution in [0.5, 0.6) is 0 Å². The molecule has 1 aliphatic carbocycles. The van der Waals surface area contributed by atoms with E-state index in [4.69, 9.17) is 0 Å². The summed E-state index contributed by atoms with van der Waals surface area (Å²) in [4.78, 5) is 17.0. The molecule has 0 saturated heterocycles. The molecule has 1 saturated carbocycles. The summed E-state index contributed by atoms with van der Waals surface area (Å²) in [6, 6.07) is 11.9. The number of amides is 1. The molecule has 4 rings (SSSR count). The third-order valence-electron chi connectivity index (χ3n) is 4.63. The Labute approximate surface area is 144 Å². The Balaban J connectivity index is 1.57. The Morgan fingerprint density at radius 1 is 1.20 bits per heavy atom. The fraction of sp³-hybridized carbons (Fsp3) is 0.211. The van der Waals surface area contributed by atoms with Crippen molar-refractivity contribution in [3.05, 3.63) is 71.9 Å². The van der Waals surface area contributed by atoms with Gasteiger partial charge in [-0.3, -0.25) is 9.78 Å². The van der Waals surface area contributed by atoms with Crippen molar-refractivity contribution < 1.29 is 9.18 Å². The van der Waals surface area contributed by atoms with E-state index in [9.17, 15) is 9.18 Å². The van der Waals surface area contributed by atoms with Gasteiger partial charge < -0.3 is 5.32 Å². The third-order valence-corrected chi connectivity index (χ3v) is 4.63. The van der Waals surface area contributed by atoms with Crippen molar-refractivity contribution in [3.63, 3.8) is 0 Å². The largest absolute Gasteiger partial charge is 0.308 e. The number of nitrogens with one attached hydrogen (secondary N) is 1. The molecule has 5 nitrogen and oxygen atoms in total. The molecule has 0 radical (unpaired) electrons. The second kappa shape index (κ2) is 5.81. The van der Waals surface area contributed by atoms with Crippen molar-refractivity contribution in [2.45, 2.75) is 25.2 Å². The number of carbonyl (C=O) groups is 1. The Bertz CT molecular complexity index is 946. The monoisotopic (exact) mass is 336 g/mol. The van der Waals surface area contributed by atoms with Crippen molar-refractivity contribution in [1.29, 1.82) is 0 Å². The van der Waals surface area contributed by atoms with Gasteiger partial charge in [-0.2, -0.15) is 0 Å². The van der Waals surface area contributed by atoms with Gasteiger partial charge in [0, 0.05) is 24.0 Å². The molecule has 0 unspecified atom stereocenters. The predicted octanol–water partition coefficient (Wildman–Crippen LogP) is 3.39. The highest BCUT2D eigenvalue weighted by molar-refractivity contribution is 6.00. The van der Waals surface area contributed by atoms with E-state index in [0.29, 0.717) is 24.2 Å². The summed E-state index contributed by atoms with van der Waals surface area (Å²) in [7, 11) is 0.